The van der Waals surface area contributed by atoms with Crippen molar-refractivity contribution in [2.45, 2.75) is 37.6 Å². The fourth-order valence-electron chi connectivity index (χ4n) is 2.19. The highest BCUT2D eigenvalue weighted by molar-refractivity contribution is 5.87. The molecule has 0 radical (unpaired) electrons. The smallest absolute Gasteiger partial charge is 0.333 e. The van der Waals surface area contributed by atoms with Crippen molar-refractivity contribution in [3.05, 3.63) is 29.8 Å². The second-order valence-corrected chi connectivity index (χ2v) is 5.18. The van der Waals surface area contributed by atoms with Crippen LogP contribution < -0.4 is 0 Å². The number of benzene rings is 1. The first-order valence-corrected chi connectivity index (χ1v) is 6.71. The summed E-state index contributed by atoms with van der Waals surface area (Å²) in [7, 11) is 0. The van der Waals surface area contributed by atoms with E-state index in [9.17, 15) is 25.2 Å². The van der Waals surface area contributed by atoms with Crippen LogP contribution in [0.15, 0.2) is 24.3 Å². The number of hydrogen-bond acceptors (Lipinski definition) is 6. The molecule has 0 unspecified atom stereocenters. The van der Waals surface area contributed by atoms with E-state index < -0.39 is 17.9 Å². The van der Waals surface area contributed by atoms with Gasteiger partial charge in [0, 0.05) is 18.9 Å². The van der Waals surface area contributed by atoms with Gasteiger partial charge in [-0.05, 0) is 36.6 Å². The summed E-state index contributed by atoms with van der Waals surface area (Å²) in [6.45, 7) is 0. The van der Waals surface area contributed by atoms with Crippen LogP contribution in [0.4, 0.5) is 0 Å². The van der Waals surface area contributed by atoms with Gasteiger partial charge in [0.2, 0.25) is 5.79 Å². The van der Waals surface area contributed by atoms with E-state index in [1.54, 1.807) is 0 Å². The Balaban J connectivity index is 1.94. The summed E-state index contributed by atoms with van der Waals surface area (Å²) in [5, 5.41) is 37.9. The van der Waals surface area contributed by atoms with Crippen molar-refractivity contribution in [1.29, 1.82) is 0 Å². The van der Waals surface area contributed by atoms with Crippen LogP contribution in [0.5, 0.6) is 11.5 Å². The first-order valence-electron chi connectivity index (χ1n) is 6.71. The third kappa shape index (κ3) is 4.21. The Labute approximate surface area is 121 Å². The normalized spacial score (nSPS) is 25.9. The Hall–Kier alpha value is -2.05. The van der Waals surface area contributed by atoms with Gasteiger partial charge in [0.05, 0.1) is 6.10 Å². The van der Waals surface area contributed by atoms with Gasteiger partial charge in [-0.1, -0.05) is 6.07 Å². The molecule has 0 atom stereocenters. The maximum Gasteiger partial charge on any atom is 0.333 e. The Morgan fingerprint density at radius 3 is 2.52 bits per heavy atom. The predicted molar refractivity (Wildman–Crippen MR) is 74.3 cm³/mol. The van der Waals surface area contributed by atoms with Crippen LogP contribution in [0.2, 0.25) is 0 Å². The Kier molecular flexibility index (Phi) is 4.50. The summed E-state index contributed by atoms with van der Waals surface area (Å²) in [5.74, 6) is -2.77. The molecule has 1 aliphatic rings. The van der Waals surface area contributed by atoms with E-state index in [1.807, 2.05) is 0 Å². The second-order valence-electron chi connectivity index (χ2n) is 5.18. The van der Waals surface area contributed by atoms with E-state index in [0.29, 0.717) is 18.4 Å². The fraction of sp³-hybridized carbons (Fsp3) is 0.400. The van der Waals surface area contributed by atoms with Crippen LogP contribution in [0.25, 0.3) is 6.08 Å². The van der Waals surface area contributed by atoms with Gasteiger partial charge < -0.3 is 25.2 Å². The highest BCUT2D eigenvalue weighted by Gasteiger charge is 2.35. The van der Waals surface area contributed by atoms with Crippen molar-refractivity contribution in [1.82, 2.24) is 0 Å². The molecule has 1 aromatic rings. The number of hydrogen-bond donors (Lipinski definition) is 4. The highest BCUT2D eigenvalue weighted by atomic mass is 16.7. The molecular formula is C15H18O6. The molecule has 4 N–H and O–H groups in total. The number of aromatic hydroxyl groups is 2. The molecule has 114 valence electrons. The van der Waals surface area contributed by atoms with Crippen LogP contribution in [0.3, 0.4) is 0 Å². The van der Waals surface area contributed by atoms with E-state index in [1.165, 1.54) is 24.3 Å². The molecule has 6 heteroatoms. The van der Waals surface area contributed by atoms with E-state index >= 15 is 0 Å². The lowest BCUT2D eigenvalue weighted by Gasteiger charge is -2.33. The van der Waals surface area contributed by atoms with E-state index in [-0.39, 0.29) is 24.3 Å². The van der Waals surface area contributed by atoms with Crippen molar-refractivity contribution in [2.24, 2.45) is 0 Å². The molecular weight excluding hydrogens is 276 g/mol. The minimum atomic E-state index is -1.53. The molecule has 0 spiro atoms. The lowest BCUT2D eigenvalue weighted by atomic mass is 9.92. The van der Waals surface area contributed by atoms with Crippen LogP contribution >= 0.6 is 0 Å². The number of carbonyl (C=O) groups is 1. The van der Waals surface area contributed by atoms with Gasteiger partial charge in [-0.3, -0.25) is 0 Å². The molecule has 0 amide bonds. The molecule has 0 aliphatic heterocycles. The van der Waals surface area contributed by atoms with Crippen molar-refractivity contribution in [2.75, 3.05) is 0 Å². The third-order valence-electron chi connectivity index (χ3n) is 3.44. The van der Waals surface area contributed by atoms with Crippen molar-refractivity contribution < 1.29 is 30.0 Å². The van der Waals surface area contributed by atoms with Crippen LogP contribution in [-0.4, -0.2) is 38.3 Å². The number of rotatable bonds is 3. The summed E-state index contributed by atoms with van der Waals surface area (Å²) in [5.41, 5.74) is 0.508. The van der Waals surface area contributed by atoms with Crippen LogP contribution in [0.1, 0.15) is 31.2 Å². The number of aliphatic hydroxyl groups excluding tert-OH is 1. The van der Waals surface area contributed by atoms with Gasteiger partial charge >= 0.3 is 5.97 Å². The molecule has 21 heavy (non-hydrogen) atoms. The molecule has 1 fully saturated rings. The van der Waals surface area contributed by atoms with Crippen molar-refractivity contribution >= 4 is 12.0 Å². The number of aliphatic hydroxyl groups is 2. The SMILES string of the molecule is O=C(C=Cc1ccc(O)c(O)c1)OC1(O)CCC(O)CC1. The number of phenols is 2. The van der Waals surface area contributed by atoms with E-state index in [2.05, 4.69) is 0 Å². The Morgan fingerprint density at radius 2 is 1.90 bits per heavy atom. The minimum Gasteiger partial charge on any atom is -0.504 e. The average molecular weight is 294 g/mol. The lowest BCUT2D eigenvalue weighted by molar-refractivity contribution is -0.221. The van der Waals surface area contributed by atoms with Gasteiger partial charge in [-0.25, -0.2) is 4.79 Å². The van der Waals surface area contributed by atoms with Gasteiger partial charge in [-0.15, -0.1) is 0 Å². The summed E-state index contributed by atoms with van der Waals surface area (Å²) in [4.78, 5) is 11.7. The van der Waals surface area contributed by atoms with Crippen LogP contribution in [-0.2, 0) is 9.53 Å². The summed E-state index contributed by atoms with van der Waals surface area (Å²) >= 11 is 0. The fourth-order valence-corrected chi connectivity index (χ4v) is 2.19. The zero-order valence-corrected chi connectivity index (χ0v) is 11.4. The molecule has 2 rings (SSSR count). The van der Waals surface area contributed by atoms with Gasteiger partial charge in [0.15, 0.2) is 11.5 Å². The Morgan fingerprint density at radius 1 is 1.24 bits per heavy atom. The highest BCUT2D eigenvalue weighted by Crippen LogP contribution is 2.30. The third-order valence-corrected chi connectivity index (χ3v) is 3.44. The lowest BCUT2D eigenvalue weighted by Crippen LogP contribution is -2.39. The van der Waals surface area contributed by atoms with Crippen molar-refractivity contribution in [3.63, 3.8) is 0 Å². The van der Waals surface area contributed by atoms with Gasteiger partial charge in [0.1, 0.15) is 0 Å². The summed E-state index contributed by atoms with van der Waals surface area (Å²) < 4.78 is 5.01. The zero-order valence-electron chi connectivity index (χ0n) is 11.4. The summed E-state index contributed by atoms with van der Waals surface area (Å²) in [6.07, 6.45) is 3.26. The standard InChI is InChI=1S/C15H18O6/c16-11-5-7-15(20,8-6-11)21-14(19)4-2-10-1-3-12(17)13(18)9-10/h1-4,9,11,16-18,20H,5-8H2. The Bertz CT molecular complexity index is 543. The molecule has 1 aliphatic carbocycles. The largest absolute Gasteiger partial charge is 0.504 e. The minimum absolute atomic E-state index is 0.202. The average Bonchev–Trinajstić information content (AvgIpc) is 2.44. The zero-order chi connectivity index (χ0) is 15.5. The second kappa shape index (κ2) is 6.15. The van der Waals surface area contributed by atoms with Crippen molar-refractivity contribution in [3.8, 4) is 11.5 Å². The number of ether oxygens (including phenoxy) is 1. The summed E-state index contributed by atoms with van der Waals surface area (Å²) in [6, 6.07) is 4.12. The first-order chi connectivity index (χ1) is 9.88. The molecule has 1 saturated carbocycles. The van der Waals surface area contributed by atoms with Crippen LogP contribution in [0, 0.1) is 0 Å². The molecule has 6 nitrogen and oxygen atoms in total. The topological polar surface area (TPSA) is 107 Å². The quantitative estimate of drug-likeness (QED) is 0.289. The first kappa shape index (κ1) is 15.3. The van der Waals surface area contributed by atoms with Gasteiger partial charge in [0.25, 0.3) is 0 Å². The van der Waals surface area contributed by atoms with E-state index in [0.717, 1.165) is 6.08 Å². The maximum absolute atomic E-state index is 11.7. The number of esters is 1. The predicted octanol–water partition coefficient (Wildman–Crippen LogP) is 1.28. The monoisotopic (exact) mass is 294 g/mol. The number of phenolic OH excluding ortho intramolecular Hbond substituents is 2. The maximum atomic E-state index is 11.7. The molecule has 1 aromatic carbocycles. The van der Waals surface area contributed by atoms with E-state index in [4.69, 9.17) is 4.74 Å². The number of carbonyl (C=O) groups excluding carboxylic acids is 1. The molecule has 0 saturated heterocycles. The molecule has 0 bridgehead atoms. The van der Waals surface area contributed by atoms with Gasteiger partial charge in [-0.2, -0.15) is 0 Å². The molecule has 0 aromatic heterocycles. The molecule has 0 heterocycles.